The first-order valence-electron chi connectivity index (χ1n) is 9.13. The Balaban J connectivity index is 2.04. The van der Waals surface area contributed by atoms with Crippen molar-refractivity contribution in [3.8, 4) is 11.1 Å². The second-order valence-corrected chi connectivity index (χ2v) is 7.82. The predicted octanol–water partition coefficient (Wildman–Crippen LogP) is 5.83. The van der Waals surface area contributed by atoms with E-state index in [2.05, 4.69) is 15.9 Å². The molecular formula is C21H19BrF5NO. The largest absolute Gasteiger partial charge is 0.455 e. The van der Waals surface area contributed by atoms with Crippen molar-refractivity contribution in [3.63, 3.8) is 0 Å². The Bertz CT molecular complexity index is 851. The van der Waals surface area contributed by atoms with E-state index in [4.69, 9.17) is 0 Å². The molecule has 2 aromatic carbocycles. The Morgan fingerprint density at radius 2 is 1.41 bits per heavy atom. The lowest BCUT2D eigenvalue weighted by Crippen LogP contribution is -2.52. The van der Waals surface area contributed by atoms with Crippen LogP contribution in [0.1, 0.15) is 30.4 Å². The molecule has 0 aromatic heterocycles. The van der Waals surface area contributed by atoms with Crippen LogP contribution in [0.25, 0.3) is 11.1 Å². The van der Waals surface area contributed by atoms with Gasteiger partial charge in [0.05, 0.1) is 6.54 Å². The molecule has 0 atom stereocenters. The molecule has 0 bridgehead atoms. The van der Waals surface area contributed by atoms with E-state index in [0.29, 0.717) is 29.3 Å². The maximum Gasteiger partial charge on any atom is 0.455 e. The monoisotopic (exact) mass is 475 g/mol. The molecular weight excluding hydrogens is 457 g/mol. The summed E-state index contributed by atoms with van der Waals surface area (Å²) in [5.41, 5.74) is 1.53. The number of alkyl halides is 6. The molecule has 0 unspecified atom stereocenters. The summed E-state index contributed by atoms with van der Waals surface area (Å²) in [4.78, 5) is 13.2. The van der Waals surface area contributed by atoms with Crippen LogP contribution in [0.4, 0.5) is 22.0 Å². The molecule has 8 heteroatoms. The molecule has 1 aliphatic carbocycles. The summed E-state index contributed by atoms with van der Waals surface area (Å²) in [6.07, 6.45) is -4.10. The summed E-state index contributed by atoms with van der Waals surface area (Å²) in [5.74, 6) is -5.84. The van der Waals surface area contributed by atoms with E-state index < -0.39 is 30.0 Å². The number of carbonyl (C=O) groups is 1. The van der Waals surface area contributed by atoms with E-state index in [1.54, 1.807) is 36.4 Å². The highest BCUT2D eigenvalue weighted by Gasteiger charge is 2.58. The smallest absolute Gasteiger partial charge is 0.349 e. The Morgan fingerprint density at radius 1 is 0.897 bits per heavy atom. The zero-order valence-corrected chi connectivity index (χ0v) is 16.9. The van der Waals surface area contributed by atoms with Crippen LogP contribution < -0.4 is 5.32 Å². The number of fused-ring (bicyclic) bond motifs is 3. The third-order valence-electron chi connectivity index (χ3n) is 5.27. The molecule has 1 amide bonds. The number of halogens is 6. The fourth-order valence-corrected chi connectivity index (χ4v) is 4.28. The van der Waals surface area contributed by atoms with Gasteiger partial charge >= 0.3 is 12.1 Å². The second-order valence-electron chi connectivity index (χ2n) is 7.03. The molecule has 0 radical (unpaired) electrons. The minimum Gasteiger partial charge on any atom is -0.349 e. The number of rotatable bonds is 7. The SMILES string of the molecule is O=C(NCC(F)(F)C(F)(F)F)C1(CCCCBr)c2ccccc2-c2ccccc21. The average molecular weight is 476 g/mol. The average Bonchev–Trinajstić information content (AvgIpc) is 2.97. The molecule has 29 heavy (non-hydrogen) atoms. The molecule has 3 rings (SSSR count). The number of carbonyl (C=O) groups excluding carboxylic acids is 1. The van der Waals surface area contributed by atoms with Crippen LogP contribution in [0.2, 0.25) is 0 Å². The second kappa shape index (κ2) is 8.05. The van der Waals surface area contributed by atoms with E-state index in [1.807, 2.05) is 17.4 Å². The lowest BCUT2D eigenvalue weighted by Gasteiger charge is -2.32. The summed E-state index contributed by atoms with van der Waals surface area (Å²) in [7, 11) is 0. The topological polar surface area (TPSA) is 29.1 Å². The lowest BCUT2D eigenvalue weighted by molar-refractivity contribution is -0.278. The van der Waals surface area contributed by atoms with Crippen LogP contribution in [0.5, 0.6) is 0 Å². The third-order valence-corrected chi connectivity index (χ3v) is 5.83. The van der Waals surface area contributed by atoms with Crippen LogP contribution in [0, 0.1) is 0 Å². The number of amides is 1. The number of nitrogens with one attached hydrogen (secondary N) is 1. The number of hydrogen-bond donors (Lipinski definition) is 1. The molecule has 0 spiro atoms. The minimum atomic E-state index is -5.73. The molecule has 0 saturated heterocycles. The van der Waals surface area contributed by atoms with E-state index in [1.165, 1.54) is 0 Å². The van der Waals surface area contributed by atoms with Gasteiger partial charge in [-0.1, -0.05) is 70.9 Å². The highest BCUT2D eigenvalue weighted by Crippen LogP contribution is 2.51. The molecule has 0 heterocycles. The Hall–Kier alpha value is -1.96. The van der Waals surface area contributed by atoms with Crippen molar-refractivity contribution in [3.05, 3.63) is 59.7 Å². The minimum absolute atomic E-state index is 0.302. The number of benzene rings is 2. The first-order valence-corrected chi connectivity index (χ1v) is 10.3. The molecule has 1 aliphatic rings. The van der Waals surface area contributed by atoms with Gasteiger partial charge in [-0.15, -0.1) is 0 Å². The van der Waals surface area contributed by atoms with Crippen LogP contribution in [-0.4, -0.2) is 29.9 Å². The maximum absolute atomic E-state index is 13.5. The summed E-state index contributed by atoms with van der Waals surface area (Å²) in [6.45, 7) is -1.79. The van der Waals surface area contributed by atoms with Crippen molar-refractivity contribution in [1.29, 1.82) is 0 Å². The summed E-state index contributed by atoms with van der Waals surface area (Å²) < 4.78 is 64.6. The van der Waals surface area contributed by atoms with Crippen molar-refractivity contribution < 1.29 is 26.7 Å². The van der Waals surface area contributed by atoms with Gasteiger partial charge in [0.15, 0.2) is 0 Å². The van der Waals surface area contributed by atoms with E-state index >= 15 is 0 Å². The maximum atomic E-state index is 13.5. The predicted molar refractivity (Wildman–Crippen MR) is 104 cm³/mol. The number of hydrogen-bond acceptors (Lipinski definition) is 1. The number of unbranched alkanes of at least 4 members (excludes halogenated alkanes) is 1. The fraction of sp³-hybridized carbons (Fsp3) is 0.381. The van der Waals surface area contributed by atoms with Crippen molar-refractivity contribution in [1.82, 2.24) is 5.32 Å². The van der Waals surface area contributed by atoms with Gasteiger partial charge in [-0.2, -0.15) is 22.0 Å². The van der Waals surface area contributed by atoms with Gasteiger partial charge in [0.2, 0.25) is 5.91 Å². The molecule has 2 nitrogen and oxygen atoms in total. The van der Waals surface area contributed by atoms with Gasteiger partial charge in [-0.05, 0) is 35.1 Å². The molecule has 0 saturated carbocycles. The van der Waals surface area contributed by atoms with Crippen LogP contribution in [0.3, 0.4) is 0 Å². The fourth-order valence-electron chi connectivity index (χ4n) is 3.88. The van der Waals surface area contributed by atoms with Crippen LogP contribution in [0.15, 0.2) is 48.5 Å². The quantitative estimate of drug-likeness (QED) is 0.304. The lowest BCUT2D eigenvalue weighted by atomic mass is 9.73. The third kappa shape index (κ3) is 3.79. The van der Waals surface area contributed by atoms with Crippen LogP contribution >= 0.6 is 15.9 Å². The highest BCUT2D eigenvalue weighted by molar-refractivity contribution is 9.09. The van der Waals surface area contributed by atoms with Gasteiger partial charge in [0.25, 0.3) is 0 Å². The van der Waals surface area contributed by atoms with Crippen LogP contribution in [-0.2, 0) is 10.2 Å². The first kappa shape index (κ1) is 21.7. The molecule has 1 N–H and O–H groups in total. The first-order chi connectivity index (χ1) is 13.6. The van der Waals surface area contributed by atoms with Crippen molar-refractivity contribution in [2.45, 2.75) is 36.8 Å². The van der Waals surface area contributed by atoms with Gasteiger partial charge < -0.3 is 5.32 Å². The Kier molecular flexibility index (Phi) is 6.03. The highest BCUT2D eigenvalue weighted by atomic mass is 79.9. The zero-order valence-electron chi connectivity index (χ0n) is 15.3. The Morgan fingerprint density at radius 3 is 1.90 bits per heavy atom. The molecule has 2 aromatic rings. The van der Waals surface area contributed by atoms with E-state index in [9.17, 15) is 26.7 Å². The van der Waals surface area contributed by atoms with Gasteiger partial charge in [0.1, 0.15) is 5.41 Å². The molecule has 0 fully saturated rings. The summed E-state index contributed by atoms with van der Waals surface area (Å²) in [6, 6.07) is 14.2. The van der Waals surface area contributed by atoms with Crippen molar-refractivity contribution in [2.75, 3.05) is 11.9 Å². The van der Waals surface area contributed by atoms with Crippen molar-refractivity contribution in [2.24, 2.45) is 0 Å². The normalized spacial score (nSPS) is 15.0. The van der Waals surface area contributed by atoms with E-state index in [-0.39, 0.29) is 0 Å². The molecule has 0 aliphatic heterocycles. The van der Waals surface area contributed by atoms with Gasteiger partial charge in [-0.3, -0.25) is 4.79 Å². The summed E-state index contributed by atoms with van der Waals surface area (Å²) in [5, 5.41) is 2.59. The van der Waals surface area contributed by atoms with Gasteiger partial charge in [-0.25, -0.2) is 0 Å². The summed E-state index contributed by atoms with van der Waals surface area (Å²) >= 11 is 3.33. The van der Waals surface area contributed by atoms with E-state index in [0.717, 1.165) is 17.5 Å². The molecule has 156 valence electrons. The van der Waals surface area contributed by atoms with Crippen molar-refractivity contribution >= 4 is 21.8 Å². The van der Waals surface area contributed by atoms with Gasteiger partial charge in [0, 0.05) is 5.33 Å². The standard InChI is InChI=1S/C21H19BrF5NO/c22-12-6-5-11-19(18(29)28-13-20(23,24)21(25,26)27)16-9-3-1-7-14(16)15-8-2-4-10-17(15)19/h1-4,7-10H,5-6,11-13H2,(H,28,29). The zero-order chi connectivity index (χ0) is 21.3. The Labute approximate surface area is 173 Å².